The van der Waals surface area contributed by atoms with Crippen LogP contribution in [0.15, 0.2) is 42.6 Å². The number of aryl methyl sites for hydroxylation is 1. The van der Waals surface area contributed by atoms with E-state index in [2.05, 4.69) is 15.4 Å². The first-order valence-corrected chi connectivity index (χ1v) is 9.76. The standard InChI is InChI=1S/C20H22N4O3S/c1-12(2)24-16(10-11-21-24)23-18(25)14(4)27-20(26)17-13(3)22-19(28-17)15-8-6-5-7-9-15/h5-12,14H,1-4H3,(H,23,25). The van der Waals surface area contributed by atoms with Gasteiger partial charge in [-0.15, -0.1) is 11.3 Å². The van der Waals surface area contributed by atoms with E-state index in [9.17, 15) is 9.59 Å². The molecular weight excluding hydrogens is 376 g/mol. The first kappa shape index (κ1) is 19.8. The van der Waals surface area contributed by atoms with E-state index in [0.717, 1.165) is 10.6 Å². The van der Waals surface area contributed by atoms with Gasteiger partial charge in [0.1, 0.15) is 15.7 Å². The van der Waals surface area contributed by atoms with Gasteiger partial charge < -0.3 is 10.1 Å². The lowest BCUT2D eigenvalue weighted by atomic mass is 10.2. The lowest BCUT2D eigenvalue weighted by Gasteiger charge is -2.15. The van der Waals surface area contributed by atoms with Gasteiger partial charge in [-0.05, 0) is 27.7 Å². The minimum absolute atomic E-state index is 0.0967. The molecule has 8 heteroatoms. The Kier molecular flexibility index (Phi) is 5.89. The average molecular weight is 398 g/mol. The topological polar surface area (TPSA) is 86.1 Å². The third-order valence-corrected chi connectivity index (χ3v) is 5.25. The summed E-state index contributed by atoms with van der Waals surface area (Å²) < 4.78 is 7.05. The molecule has 0 fully saturated rings. The van der Waals surface area contributed by atoms with Gasteiger partial charge in [-0.25, -0.2) is 14.5 Å². The number of anilines is 1. The molecule has 1 N–H and O–H groups in total. The summed E-state index contributed by atoms with van der Waals surface area (Å²) in [6.07, 6.45) is 0.655. The molecule has 0 aliphatic heterocycles. The summed E-state index contributed by atoms with van der Waals surface area (Å²) in [5.74, 6) is -0.415. The number of carbonyl (C=O) groups excluding carboxylic acids is 2. The fraction of sp³-hybridized carbons (Fsp3) is 0.300. The SMILES string of the molecule is Cc1nc(-c2ccccc2)sc1C(=O)OC(C)C(=O)Nc1ccnn1C(C)C. The molecule has 146 valence electrons. The molecule has 1 unspecified atom stereocenters. The van der Waals surface area contributed by atoms with Crippen LogP contribution >= 0.6 is 11.3 Å². The van der Waals surface area contributed by atoms with Crippen LogP contribution in [0, 0.1) is 6.92 Å². The molecule has 3 aromatic rings. The van der Waals surface area contributed by atoms with E-state index in [1.165, 1.54) is 18.3 Å². The van der Waals surface area contributed by atoms with Crippen molar-refractivity contribution in [1.29, 1.82) is 0 Å². The zero-order chi connectivity index (χ0) is 20.3. The van der Waals surface area contributed by atoms with E-state index in [1.807, 2.05) is 44.2 Å². The number of aromatic nitrogens is 3. The molecule has 28 heavy (non-hydrogen) atoms. The van der Waals surface area contributed by atoms with Crippen LogP contribution in [0.5, 0.6) is 0 Å². The number of carbonyl (C=O) groups is 2. The highest BCUT2D eigenvalue weighted by Crippen LogP contribution is 2.28. The van der Waals surface area contributed by atoms with Gasteiger partial charge in [-0.1, -0.05) is 30.3 Å². The van der Waals surface area contributed by atoms with Gasteiger partial charge in [0, 0.05) is 17.7 Å². The predicted molar refractivity (Wildman–Crippen MR) is 108 cm³/mol. The number of amides is 1. The second-order valence-electron chi connectivity index (χ2n) is 6.59. The summed E-state index contributed by atoms with van der Waals surface area (Å²) in [4.78, 5) is 29.8. The summed E-state index contributed by atoms with van der Waals surface area (Å²) in [6, 6.07) is 11.4. The van der Waals surface area contributed by atoms with Gasteiger partial charge in [0.05, 0.1) is 11.9 Å². The molecule has 0 aliphatic carbocycles. The van der Waals surface area contributed by atoms with Crippen LogP contribution in [-0.4, -0.2) is 32.7 Å². The Morgan fingerprint density at radius 1 is 1.14 bits per heavy atom. The molecule has 7 nitrogen and oxygen atoms in total. The zero-order valence-electron chi connectivity index (χ0n) is 16.2. The van der Waals surface area contributed by atoms with Crippen molar-refractivity contribution in [2.24, 2.45) is 0 Å². The van der Waals surface area contributed by atoms with Gasteiger partial charge >= 0.3 is 5.97 Å². The first-order chi connectivity index (χ1) is 13.4. The van der Waals surface area contributed by atoms with Gasteiger partial charge in [-0.2, -0.15) is 5.10 Å². The number of benzene rings is 1. The lowest BCUT2D eigenvalue weighted by Crippen LogP contribution is -2.31. The smallest absolute Gasteiger partial charge is 0.351 e. The number of hydrogen-bond donors (Lipinski definition) is 1. The van der Waals surface area contributed by atoms with E-state index < -0.39 is 18.0 Å². The number of hydrogen-bond acceptors (Lipinski definition) is 6. The third-order valence-electron chi connectivity index (χ3n) is 4.07. The van der Waals surface area contributed by atoms with E-state index in [-0.39, 0.29) is 6.04 Å². The summed E-state index contributed by atoms with van der Waals surface area (Å²) in [5, 5.41) is 7.65. The molecule has 0 radical (unpaired) electrons. The molecule has 0 bridgehead atoms. The Hall–Kier alpha value is -3.00. The monoisotopic (exact) mass is 398 g/mol. The Labute approximate surface area is 167 Å². The quantitative estimate of drug-likeness (QED) is 0.632. The van der Waals surface area contributed by atoms with Crippen molar-refractivity contribution >= 4 is 29.0 Å². The predicted octanol–water partition coefficient (Wildman–Crippen LogP) is 4.08. The highest BCUT2D eigenvalue weighted by molar-refractivity contribution is 7.17. The van der Waals surface area contributed by atoms with E-state index in [0.29, 0.717) is 16.4 Å². The normalized spacial score (nSPS) is 12.0. The fourth-order valence-electron chi connectivity index (χ4n) is 2.61. The molecule has 1 aromatic carbocycles. The molecular formula is C20H22N4O3S. The molecule has 3 rings (SSSR count). The highest BCUT2D eigenvalue weighted by atomic mass is 32.1. The first-order valence-electron chi connectivity index (χ1n) is 8.95. The maximum absolute atomic E-state index is 12.6. The molecule has 0 aliphatic rings. The zero-order valence-corrected chi connectivity index (χ0v) is 17.0. The molecule has 2 heterocycles. The van der Waals surface area contributed by atoms with Crippen LogP contribution in [0.25, 0.3) is 10.6 Å². The van der Waals surface area contributed by atoms with Crippen molar-refractivity contribution in [2.75, 3.05) is 5.32 Å². The van der Waals surface area contributed by atoms with Crippen LogP contribution in [0.3, 0.4) is 0 Å². The second-order valence-corrected chi connectivity index (χ2v) is 7.59. The van der Waals surface area contributed by atoms with Gasteiger partial charge in [-0.3, -0.25) is 4.79 Å². The molecule has 1 atom stereocenters. The molecule has 2 aromatic heterocycles. The second kappa shape index (κ2) is 8.35. The number of ether oxygens (including phenoxy) is 1. The molecule has 0 saturated carbocycles. The lowest BCUT2D eigenvalue weighted by molar-refractivity contribution is -0.123. The van der Waals surface area contributed by atoms with E-state index in [4.69, 9.17) is 4.74 Å². The van der Waals surface area contributed by atoms with Crippen molar-refractivity contribution in [2.45, 2.75) is 39.8 Å². The van der Waals surface area contributed by atoms with E-state index in [1.54, 1.807) is 23.9 Å². The Balaban J connectivity index is 1.68. The van der Waals surface area contributed by atoms with Crippen LogP contribution in [0.2, 0.25) is 0 Å². The highest BCUT2D eigenvalue weighted by Gasteiger charge is 2.24. The Morgan fingerprint density at radius 2 is 1.86 bits per heavy atom. The number of thiazole rings is 1. The van der Waals surface area contributed by atoms with Crippen molar-refractivity contribution < 1.29 is 14.3 Å². The summed E-state index contributed by atoms with van der Waals surface area (Å²) in [5.41, 5.74) is 1.52. The number of rotatable bonds is 6. The van der Waals surface area contributed by atoms with Crippen LogP contribution in [0.1, 0.15) is 42.2 Å². The van der Waals surface area contributed by atoms with Crippen molar-refractivity contribution in [3.8, 4) is 10.6 Å². The minimum Gasteiger partial charge on any atom is -0.448 e. The van der Waals surface area contributed by atoms with Gasteiger partial charge in [0.2, 0.25) is 0 Å². The largest absolute Gasteiger partial charge is 0.448 e. The van der Waals surface area contributed by atoms with Crippen molar-refractivity contribution in [3.63, 3.8) is 0 Å². The molecule has 1 amide bonds. The Morgan fingerprint density at radius 3 is 2.54 bits per heavy atom. The maximum Gasteiger partial charge on any atom is 0.351 e. The van der Waals surface area contributed by atoms with E-state index >= 15 is 0 Å². The van der Waals surface area contributed by atoms with Gasteiger partial charge in [0.15, 0.2) is 6.10 Å². The Bertz CT molecular complexity index is 979. The van der Waals surface area contributed by atoms with Crippen LogP contribution in [0.4, 0.5) is 5.82 Å². The fourth-order valence-corrected chi connectivity index (χ4v) is 3.56. The van der Waals surface area contributed by atoms with Crippen molar-refractivity contribution in [1.82, 2.24) is 14.8 Å². The van der Waals surface area contributed by atoms with Crippen LogP contribution < -0.4 is 5.32 Å². The number of esters is 1. The van der Waals surface area contributed by atoms with Gasteiger partial charge in [0.25, 0.3) is 5.91 Å². The van der Waals surface area contributed by atoms with Crippen molar-refractivity contribution in [3.05, 3.63) is 53.2 Å². The summed E-state index contributed by atoms with van der Waals surface area (Å²) >= 11 is 1.25. The third kappa shape index (κ3) is 4.28. The number of nitrogens with zero attached hydrogens (tertiary/aromatic N) is 3. The maximum atomic E-state index is 12.6. The summed E-state index contributed by atoms with van der Waals surface area (Å²) in [6.45, 7) is 7.22. The average Bonchev–Trinajstić information content (AvgIpc) is 3.29. The number of nitrogens with one attached hydrogen (secondary N) is 1. The summed E-state index contributed by atoms with van der Waals surface area (Å²) in [7, 11) is 0. The molecule has 0 saturated heterocycles. The minimum atomic E-state index is -0.954. The van der Waals surface area contributed by atoms with Crippen LogP contribution in [-0.2, 0) is 9.53 Å². The molecule has 0 spiro atoms.